The summed E-state index contributed by atoms with van der Waals surface area (Å²) in [5.74, 6) is 2.36. The molecule has 1 aromatic carbocycles. The molecule has 0 amide bonds. The number of anilines is 1. The standard InChI is InChI=1S/C23H33N7/c1-4-25-23(27-15-22-26-11-13-30(22)16-18(2)3)28-20-9-7-12-29(17-20)21-10-6-5-8-19(21)14-24/h5-6,8,10-11,13,18,20H,4,7,9,12,15-17H2,1-3H3,(H2,25,27,28). The van der Waals surface area contributed by atoms with E-state index >= 15 is 0 Å². The van der Waals surface area contributed by atoms with Crippen molar-refractivity contribution in [3.63, 3.8) is 0 Å². The first kappa shape index (κ1) is 21.7. The maximum Gasteiger partial charge on any atom is 0.191 e. The van der Waals surface area contributed by atoms with Gasteiger partial charge < -0.3 is 20.1 Å². The summed E-state index contributed by atoms with van der Waals surface area (Å²) in [6, 6.07) is 10.4. The molecule has 7 heteroatoms. The Kier molecular flexibility index (Phi) is 7.72. The first-order valence-electron chi connectivity index (χ1n) is 10.9. The zero-order valence-corrected chi connectivity index (χ0v) is 18.3. The van der Waals surface area contributed by atoms with Gasteiger partial charge in [-0.25, -0.2) is 9.98 Å². The van der Waals surface area contributed by atoms with Crippen LogP contribution in [0.2, 0.25) is 0 Å². The average molecular weight is 408 g/mol. The third kappa shape index (κ3) is 5.76. The highest BCUT2D eigenvalue weighted by Crippen LogP contribution is 2.23. The Labute approximate surface area is 179 Å². The van der Waals surface area contributed by atoms with Crippen molar-refractivity contribution < 1.29 is 0 Å². The smallest absolute Gasteiger partial charge is 0.191 e. The number of imidazole rings is 1. The minimum Gasteiger partial charge on any atom is -0.368 e. The Morgan fingerprint density at radius 2 is 2.20 bits per heavy atom. The lowest BCUT2D eigenvalue weighted by molar-refractivity contribution is 0.467. The lowest BCUT2D eigenvalue weighted by atomic mass is 10.0. The Morgan fingerprint density at radius 1 is 1.37 bits per heavy atom. The number of rotatable bonds is 7. The monoisotopic (exact) mass is 407 g/mol. The predicted octanol–water partition coefficient (Wildman–Crippen LogP) is 3.13. The topological polar surface area (TPSA) is 81.3 Å². The van der Waals surface area contributed by atoms with Gasteiger partial charge in [0.15, 0.2) is 5.96 Å². The maximum absolute atomic E-state index is 9.44. The van der Waals surface area contributed by atoms with Crippen LogP contribution in [0, 0.1) is 17.2 Å². The zero-order chi connectivity index (χ0) is 21.3. The maximum atomic E-state index is 9.44. The minimum absolute atomic E-state index is 0.277. The molecule has 1 fully saturated rings. The zero-order valence-electron chi connectivity index (χ0n) is 18.3. The largest absolute Gasteiger partial charge is 0.368 e. The second kappa shape index (κ2) is 10.7. The van der Waals surface area contributed by atoms with Gasteiger partial charge in [-0.1, -0.05) is 26.0 Å². The Hall–Kier alpha value is -3.01. The number of piperidine rings is 1. The molecule has 1 aliphatic heterocycles. The second-order valence-electron chi connectivity index (χ2n) is 8.14. The highest BCUT2D eigenvalue weighted by atomic mass is 15.2. The summed E-state index contributed by atoms with van der Waals surface area (Å²) in [5, 5.41) is 16.4. The summed E-state index contributed by atoms with van der Waals surface area (Å²) < 4.78 is 2.18. The Balaban J connectivity index is 1.66. The molecule has 1 saturated heterocycles. The van der Waals surface area contributed by atoms with Gasteiger partial charge in [-0.2, -0.15) is 5.26 Å². The van der Waals surface area contributed by atoms with Crippen LogP contribution >= 0.6 is 0 Å². The molecule has 2 aromatic rings. The number of benzene rings is 1. The number of hydrogen-bond donors (Lipinski definition) is 2. The van der Waals surface area contributed by atoms with Crippen molar-refractivity contribution in [3.8, 4) is 6.07 Å². The van der Waals surface area contributed by atoms with Gasteiger partial charge in [0, 0.05) is 44.6 Å². The fraction of sp³-hybridized carbons (Fsp3) is 0.522. The highest BCUT2D eigenvalue weighted by Gasteiger charge is 2.22. The first-order valence-corrected chi connectivity index (χ1v) is 10.9. The average Bonchev–Trinajstić information content (AvgIpc) is 3.18. The van der Waals surface area contributed by atoms with Crippen LogP contribution in [-0.2, 0) is 13.1 Å². The highest BCUT2D eigenvalue weighted by molar-refractivity contribution is 5.80. The van der Waals surface area contributed by atoms with E-state index in [1.165, 1.54) is 0 Å². The van der Waals surface area contributed by atoms with Gasteiger partial charge in [0.1, 0.15) is 18.4 Å². The van der Waals surface area contributed by atoms with Crippen LogP contribution in [0.3, 0.4) is 0 Å². The number of aromatic nitrogens is 2. The third-order valence-corrected chi connectivity index (χ3v) is 5.21. The summed E-state index contributed by atoms with van der Waals surface area (Å²) in [7, 11) is 0. The first-order chi connectivity index (χ1) is 14.6. The van der Waals surface area contributed by atoms with E-state index < -0.39 is 0 Å². The molecule has 3 rings (SSSR count). The number of nitrogens with zero attached hydrogens (tertiary/aromatic N) is 5. The Bertz CT molecular complexity index is 878. The van der Waals surface area contributed by atoms with Crippen molar-refractivity contribution in [1.29, 1.82) is 5.26 Å². The third-order valence-electron chi connectivity index (χ3n) is 5.21. The quantitative estimate of drug-likeness (QED) is 0.544. The number of nitriles is 1. The normalized spacial score (nSPS) is 17.1. The van der Waals surface area contributed by atoms with E-state index in [4.69, 9.17) is 4.99 Å². The second-order valence-corrected chi connectivity index (χ2v) is 8.14. The van der Waals surface area contributed by atoms with Crippen LogP contribution in [-0.4, -0.2) is 41.2 Å². The molecule has 160 valence electrons. The van der Waals surface area contributed by atoms with Crippen LogP contribution in [0.1, 0.15) is 45.0 Å². The summed E-state index contributed by atoms with van der Waals surface area (Å²) in [4.78, 5) is 11.6. The van der Waals surface area contributed by atoms with E-state index in [1.807, 2.05) is 36.7 Å². The van der Waals surface area contributed by atoms with Crippen LogP contribution in [0.15, 0.2) is 41.7 Å². The molecule has 2 heterocycles. The van der Waals surface area contributed by atoms with Crippen LogP contribution in [0.4, 0.5) is 5.69 Å². The summed E-state index contributed by atoms with van der Waals surface area (Å²) in [6.07, 6.45) is 6.03. The lowest BCUT2D eigenvalue weighted by Crippen LogP contribution is -2.51. The molecule has 1 unspecified atom stereocenters. The summed E-state index contributed by atoms with van der Waals surface area (Å²) in [5.41, 5.74) is 1.75. The molecule has 0 spiro atoms. The van der Waals surface area contributed by atoms with Crippen molar-refractivity contribution in [3.05, 3.63) is 48.0 Å². The number of aliphatic imine (C=N–C) groups is 1. The van der Waals surface area contributed by atoms with E-state index in [1.54, 1.807) is 0 Å². The van der Waals surface area contributed by atoms with E-state index in [0.717, 1.165) is 62.1 Å². The van der Waals surface area contributed by atoms with Gasteiger partial charge in [0.25, 0.3) is 0 Å². The molecule has 0 radical (unpaired) electrons. The molecule has 1 atom stereocenters. The van der Waals surface area contributed by atoms with Gasteiger partial charge in [-0.05, 0) is 37.8 Å². The predicted molar refractivity (Wildman–Crippen MR) is 121 cm³/mol. The van der Waals surface area contributed by atoms with Gasteiger partial charge in [0.2, 0.25) is 0 Å². The van der Waals surface area contributed by atoms with Crippen LogP contribution in [0.25, 0.3) is 0 Å². The van der Waals surface area contributed by atoms with Crippen LogP contribution < -0.4 is 15.5 Å². The van der Waals surface area contributed by atoms with E-state index in [0.29, 0.717) is 12.5 Å². The molecular formula is C23H33N7. The molecule has 30 heavy (non-hydrogen) atoms. The van der Waals surface area contributed by atoms with Gasteiger partial charge in [-0.3, -0.25) is 0 Å². The van der Waals surface area contributed by atoms with Crippen molar-refractivity contribution in [2.45, 2.75) is 52.7 Å². The van der Waals surface area contributed by atoms with E-state index in [2.05, 4.69) is 51.9 Å². The molecule has 0 saturated carbocycles. The molecule has 1 aliphatic rings. The summed E-state index contributed by atoms with van der Waals surface area (Å²) >= 11 is 0. The van der Waals surface area contributed by atoms with Crippen molar-refractivity contribution in [2.75, 3.05) is 24.5 Å². The molecular weight excluding hydrogens is 374 g/mol. The number of nitrogens with one attached hydrogen (secondary N) is 2. The summed E-state index contributed by atoms with van der Waals surface area (Å²) in [6.45, 7) is 10.6. The fourth-order valence-electron chi connectivity index (χ4n) is 3.87. The SMILES string of the molecule is CCNC(=NCc1nccn1CC(C)C)NC1CCCN(c2ccccc2C#N)C1. The van der Waals surface area contributed by atoms with E-state index in [-0.39, 0.29) is 6.04 Å². The van der Waals surface area contributed by atoms with E-state index in [9.17, 15) is 5.26 Å². The molecule has 0 bridgehead atoms. The molecule has 1 aromatic heterocycles. The minimum atomic E-state index is 0.277. The van der Waals surface area contributed by atoms with Gasteiger partial charge >= 0.3 is 0 Å². The van der Waals surface area contributed by atoms with Crippen LogP contribution in [0.5, 0.6) is 0 Å². The van der Waals surface area contributed by atoms with Crippen molar-refractivity contribution in [2.24, 2.45) is 10.9 Å². The molecule has 7 nitrogen and oxygen atoms in total. The van der Waals surface area contributed by atoms with Gasteiger partial charge in [0.05, 0.1) is 11.3 Å². The number of guanidine groups is 1. The van der Waals surface area contributed by atoms with Gasteiger partial charge in [-0.15, -0.1) is 0 Å². The number of hydrogen-bond acceptors (Lipinski definition) is 4. The van der Waals surface area contributed by atoms with Crippen molar-refractivity contribution in [1.82, 2.24) is 20.2 Å². The lowest BCUT2D eigenvalue weighted by Gasteiger charge is -2.35. The fourth-order valence-corrected chi connectivity index (χ4v) is 3.87. The molecule has 2 N–H and O–H groups in total. The van der Waals surface area contributed by atoms with Crippen molar-refractivity contribution >= 4 is 11.6 Å². The molecule has 0 aliphatic carbocycles. The Morgan fingerprint density at radius 3 is 2.97 bits per heavy atom. The number of para-hydroxylation sites is 1.